The number of alkyl halides is 1. The molecule has 21 heavy (non-hydrogen) atoms. The zero-order valence-electron chi connectivity index (χ0n) is 12.7. The van der Waals surface area contributed by atoms with E-state index in [2.05, 4.69) is 0 Å². The van der Waals surface area contributed by atoms with E-state index in [1.54, 1.807) is 31.8 Å². The SMILES string of the molecule is CSCCC(C)N(C)S(=O)(=O)c1cc(Cl)cc(CCl)c1C. The molecule has 0 aliphatic rings. The Bertz CT molecular complexity index is 591. The molecule has 120 valence electrons. The van der Waals surface area contributed by atoms with Gasteiger partial charge in [0.25, 0.3) is 0 Å². The predicted molar refractivity (Wildman–Crippen MR) is 93.2 cm³/mol. The fourth-order valence-electron chi connectivity index (χ4n) is 1.98. The summed E-state index contributed by atoms with van der Waals surface area (Å²) < 4.78 is 27.0. The molecule has 0 heterocycles. The van der Waals surface area contributed by atoms with Crippen molar-refractivity contribution in [1.82, 2.24) is 4.31 Å². The van der Waals surface area contributed by atoms with Crippen LogP contribution in [0, 0.1) is 6.92 Å². The number of hydrogen-bond donors (Lipinski definition) is 0. The van der Waals surface area contributed by atoms with E-state index in [-0.39, 0.29) is 16.8 Å². The fraction of sp³-hybridized carbons (Fsp3) is 0.571. The molecule has 0 aliphatic carbocycles. The first-order valence-corrected chi connectivity index (χ1v) is 10.3. The molecule has 7 heteroatoms. The summed E-state index contributed by atoms with van der Waals surface area (Å²) in [5.74, 6) is 1.16. The van der Waals surface area contributed by atoms with Crippen molar-refractivity contribution < 1.29 is 8.42 Å². The summed E-state index contributed by atoms with van der Waals surface area (Å²) in [4.78, 5) is 0.240. The number of sulfonamides is 1. The van der Waals surface area contributed by atoms with Crippen LogP contribution in [0.4, 0.5) is 0 Å². The molecular weight excluding hydrogens is 349 g/mol. The fourth-order valence-corrected chi connectivity index (χ4v) is 4.82. The Morgan fingerprint density at radius 1 is 1.38 bits per heavy atom. The third-order valence-electron chi connectivity index (χ3n) is 3.59. The first kappa shape index (κ1) is 19.1. The number of thioether (sulfide) groups is 1. The van der Waals surface area contributed by atoms with Gasteiger partial charge in [-0.15, -0.1) is 11.6 Å². The van der Waals surface area contributed by atoms with Crippen molar-refractivity contribution in [2.45, 2.75) is 37.1 Å². The molecule has 0 aromatic heterocycles. The first-order valence-electron chi connectivity index (χ1n) is 6.57. The highest BCUT2D eigenvalue weighted by atomic mass is 35.5. The highest BCUT2D eigenvalue weighted by Crippen LogP contribution is 2.28. The lowest BCUT2D eigenvalue weighted by Crippen LogP contribution is -2.35. The van der Waals surface area contributed by atoms with Gasteiger partial charge in [0.15, 0.2) is 0 Å². The minimum Gasteiger partial charge on any atom is -0.207 e. The van der Waals surface area contributed by atoms with Crippen LogP contribution in [0.25, 0.3) is 0 Å². The number of hydrogen-bond acceptors (Lipinski definition) is 3. The van der Waals surface area contributed by atoms with Gasteiger partial charge in [-0.05, 0) is 55.5 Å². The van der Waals surface area contributed by atoms with E-state index >= 15 is 0 Å². The van der Waals surface area contributed by atoms with Crippen molar-refractivity contribution in [2.75, 3.05) is 19.1 Å². The average molecular weight is 370 g/mol. The molecule has 0 amide bonds. The van der Waals surface area contributed by atoms with Crippen molar-refractivity contribution in [2.24, 2.45) is 0 Å². The van der Waals surface area contributed by atoms with Gasteiger partial charge < -0.3 is 0 Å². The molecule has 3 nitrogen and oxygen atoms in total. The number of halogens is 2. The van der Waals surface area contributed by atoms with Crippen LogP contribution in [0.3, 0.4) is 0 Å². The molecule has 1 rings (SSSR count). The lowest BCUT2D eigenvalue weighted by molar-refractivity contribution is 0.382. The molecule has 1 unspecified atom stereocenters. The summed E-state index contributed by atoms with van der Waals surface area (Å²) in [7, 11) is -1.96. The minimum absolute atomic E-state index is 0.0692. The zero-order valence-corrected chi connectivity index (χ0v) is 15.8. The molecule has 0 spiro atoms. The van der Waals surface area contributed by atoms with Crippen LogP contribution < -0.4 is 0 Å². The monoisotopic (exact) mass is 369 g/mol. The van der Waals surface area contributed by atoms with E-state index in [4.69, 9.17) is 23.2 Å². The molecule has 0 fully saturated rings. The van der Waals surface area contributed by atoms with E-state index in [1.165, 1.54) is 10.4 Å². The first-order chi connectivity index (χ1) is 9.75. The maximum Gasteiger partial charge on any atom is 0.243 e. The topological polar surface area (TPSA) is 37.4 Å². The number of benzene rings is 1. The van der Waals surface area contributed by atoms with Crippen LogP contribution in [0.1, 0.15) is 24.5 Å². The van der Waals surface area contributed by atoms with Crippen LogP contribution in [-0.4, -0.2) is 37.8 Å². The average Bonchev–Trinajstić information content (AvgIpc) is 2.45. The molecule has 1 aromatic rings. The third kappa shape index (κ3) is 4.52. The van der Waals surface area contributed by atoms with Crippen LogP contribution in [0.5, 0.6) is 0 Å². The highest BCUT2D eigenvalue weighted by Gasteiger charge is 2.27. The highest BCUT2D eigenvalue weighted by molar-refractivity contribution is 7.98. The normalized spacial score (nSPS) is 13.7. The van der Waals surface area contributed by atoms with Gasteiger partial charge in [-0.1, -0.05) is 11.6 Å². The van der Waals surface area contributed by atoms with Crippen molar-refractivity contribution in [3.8, 4) is 0 Å². The lowest BCUT2D eigenvalue weighted by Gasteiger charge is -2.25. The Morgan fingerprint density at radius 3 is 2.52 bits per heavy atom. The molecule has 0 saturated heterocycles. The molecule has 0 aliphatic heterocycles. The van der Waals surface area contributed by atoms with Crippen molar-refractivity contribution in [1.29, 1.82) is 0 Å². The van der Waals surface area contributed by atoms with Gasteiger partial charge in [0.05, 0.1) is 4.90 Å². The molecule has 0 bridgehead atoms. The molecule has 0 radical (unpaired) electrons. The Labute approximate surface area is 142 Å². The number of nitrogens with zero attached hydrogens (tertiary/aromatic N) is 1. The van der Waals surface area contributed by atoms with E-state index in [9.17, 15) is 8.42 Å². The smallest absolute Gasteiger partial charge is 0.207 e. The molecule has 1 aromatic carbocycles. The number of rotatable bonds is 7. The maximum atomic E-state index is 12.8. The second-order valence-electron chi connectivity index (χ2n) is 4.97. The summed E-state index contributed by atoms with van der Waals surface area (Å²) in [6.07, 6.45) is 2.81. The van der Waals surface area contributed by atoms with E-state index < -0.39 is 10.0 Å². The van der Waals surface area contributed by atoms with Crippen LogP contribution in [-0.2, 0) is 15.9 Å². The Kier molecular flexibility index (Phi) is 7.34. The van der Waals surface area contributed by atoms with Gasteiger partial charge >= 0.3 is 0 Å². The van der Waals surface area contributed by atoms with Gasteiger partial charge in [0.1, 0.15) is 0 Å². The molecular formula is C14H21Cl2NO2S2. The summed E-state index contributed by atoms with van der Waals surface area (Å²) in [5, 5.41) is 0.389. The van der Waals surface area contributed by atoms with Gasteiger partial charge in [0, 0.05) is 24.0 Å². The zero-order chi connectivity index (χ0) is 16.2. The van der Waals surface area contributed by atoms with E-state index in [0.717, 1.165) is 17.7 Å². The van der Waals surface area contributed by atoms with E-state index in [1.807, 2.05) is 13.2 Å². The largest absolute Gasteiger partial charge is 0.243 e. The standard InChI is InChI=1S/C14H21Cl2NO2S2/c1-10(5-6-20-4)17(3)21(18,19)14-8-13(16)7-12(9-15)11(14)2/h7-8,10H,5-6,9H2,1-4H3. The predicted octanol–water partition coefficient (Wildman–Crippen LogP) is 4.15. The van der Waals surface area contributed by atoms with Crippen molar-refractivity contribution in [3.63, 3.8) is 0 Å². The Hall–Kier alpha value is 0.0600. The van der Waals surface area contributed by atoms with Crippen molar-refractivity contribution >= 4 is 45.0 Å². The van der Waals surface area contributed by atoms with Crippen LogP contribution >= 0.6 is 35.0 Å². The Morgan fingerprint density at radius 2 is 2.00 bits per heavy atom. The molecule has 0 N–H and O–H groups in total. The van der Waals surface area contributed by atoms with Crippen LogP contribution in [0.15, 0.2) is 17.0 Å². The Balaban J connectivity index is 3.21. The molecule has 0 saturated carbocycles. The lowest BCUT2D eigenvalue weighted by atomic mass is 10.1. The maximum absolute atomic E-state index is 12.8. The van der Waals surface area contributed by atoms with Gasteiger partial charge in [-0.3, -0.25) is 0 Å². The third-order valence-corrected chi connectivity index (χ3v) is 6.84. The van der Waals surface area contributed by atoms with Gasteiger partial charge in [-0.25, -0.2) is 8.42 Å². The van der Waals surface area contributed by atoms with Crippen molar-refractivity contribution in [3.05, 3.63) is 28.3 Å². The summed E-state index contributed by atoms with van der Waals surface area (Å²) in [6.45, 7) is 3.68. The van der Waals surface area contributed by atoms with Gasteiger partial charge in [0.2, 0.25) is 10.0 Å². The van der Waals surface area contributed by atoms with E-state index in [0.29, 0.717) is 10.6 Å². The quantitative estimate of drug-likeness (QED) is 0.677. The van der Waals surface area contributed by atoms with Gasteiger partial charge in [-0.2, -0.15) is 16.1 Å². The van der Waals surface area contributed by atoms with Crippen LogP contribution in [0.2, 0.25) is 5.02 Å². The summed E-state index contributed by atoms with van der Waals surface area (Å²) in [6, 6.07) is 3.14. The second kappa shape index (κ2) is 8.06. The summed E-state index contributed by atoms with van der Waals surface area (Å²) >= 11 is 13.6. The second-order valence-corrected chi connectivity index (χ2v) is 8.63. The minimum atomic E-state index is -3.57. The molecule has 1 atom stereocenters. The summed E-state index contributed by atoms with van der Waals surface area (Å²) in [5.41, 5.74) is 1.41.